The first-order valence-electron chi connectivity index (χ1n) is 6.21. The second-order valence-electron chi connectivity index (χ2n) is 4.71. The van der Waals surface area contributed by atoms with Crippen LogP contribution in [0.1, 0.15) is 19.3 Å². The number of rotatable bonds is 7. The first kappa shape index (κ1) is 15.4. The van der Waals surface area contributed by atoms with Crippen LogP contribution in [0.25, 0.3) is 0 Å². The molecule has 0 aliphatic carbocycles. The van der Waals surface area contributed by atoms with Crippen LogP contribution in [-0.4, -0.2) is 61.1 Å². The van der Waals surface area contributed by atoms with Gasteiger partial charge in [0.1, 0.15) is 6.04 Å². The van der Waals surface area contributed by atoms with Gasteiger partial charge in [-0.2, -0.15) is 0 Å². The maximum atomic E-state index is 11.9. The van der Waals surface area contributed by atoms with Crippen LogP contribution in [0.4, 0.5) is 0 Å². The number of ether oxygens (including phenoxy) is 1. The maximum absolute atomic E-state index is 11.9. The number of aliphatic carboxylic acids is 1. The zero-order chi connectivity index (χ0) is 14.4. The van der Waals surface area contributed by atoms with E-state index in [0.717, 1.165) is 0 Å². The predicted molar refractivity (Wildman–Crippen MR) is 66.4 cm³/mol. The fourth-order valence-electron chi connectivity index (χ4n) is 2.02. The minimum Gasteiger partial charge on any atom is -0.480 e. The Balaban J connectivity index is 2.47. The standard InChI is InChI=1S/C12H20N2O5/c1-14-7-8(6-10(14)15)11(16)13-9(12(17)18)4-3-5-19-2/h8-9H,3-7H2,1-2H3,(H,13,16)(H,17,18). The number of likely N-dealkylation sites (tertiary alicyclic amines) is 1. The fraction of sp³-hybridized carbons (Fsp3) is 0.750. The van der Waals surface area contributed by atoms with Gasteiger partial charge in [-0.05, 0) is 12.8 Å². The molecule has 108 valence electrons. The fourth-order valence-corrected chi connectivity index (χ4v) is 2.02. The summed E-state index contributed by atoms with van der Waals surface area (Å²) >= 11 is 0. The molecule has 2 amide bonds. The minimum atomic E-state index is -1.07. The van der Waals surface area contributed by atoms with Crippen molar-refractivity contribution in [2.75, 3.05) is 27.3 Å². The number of carboxylic acid groups (broad SMARTS) is 1. The van der Waals surface area contributed by atoms with Crippen LogP contribution in [0, 0.1) is 5.92 Å². The lowest BCUT2D eigenvalue weighted by atomic mass is 10.1. The monoisotopic (exact) mass is 272 g/mol. The molecule has 2 atom stereocenters. The highest BCUT2D eigenvalue weighted by molar-refractivity contribution is 5.91. The third-order valence-corrected chi connectivity index (χ3v) is 3.17. The Morgan fingerprint density at radius 1 is 1.58 bits per heavy atom. The summed E-state index contributed by atoms with van der Waals surface area (Å²) in [5.41, 5.74) is 0. The van der Waals surface area contributed by atoms with Crippen LogP contribution in [0.5, 0.6) is 0 Å². The molecular formula is C12H20N2O5. The molecule has 0 radical (unpaired) electrons. The number of nitrogens with zero attached hydrogens (tertiary/aromatic N) is 1. The van der Waals surface area contributed by atoms with E-state index in [2.05, 4.69) is 5.32 Å². The van der Waals surface area contributed by atoms with Crippen molar-refractivity contribution < 1.29 is 24.2 Å². The Morgan fingerprint density at radius 2 is 2.26 bits per heavy atom. The molecule has 19 heavy (non-hydrogen) atoms. The normalized spacial score (nSPS) is 20.4. The molecule has 2 N–H and O–H groups in total. The van der Waals surface area contributed by atoms with Crippen LogP contribution in [0.2, 0.25) is 0 Å². The second kappa shape index (κ2) is 7.08. The van der Waals surface area contributed by atoms with E-state index in [0.29, 0.717) is 26.0 Å². The highest BCUT2D eigenvalue weighted by atomic mass is 16.5. The van der Waals surface area contributed by atoms with Crippen molar-refractivity contribution in [3.8, 4) is 0 Å². The van der Waals surface area contributed by atoms with E-state index in [1.807, 2.05) is 0 Å². The van der Waals surface area contributed by atoms with E-state index < -0.39 is 17.9 Å². The molecule has 7 nitrogen and oxygen atoms in total. The van der Waals surface area contributed by atoms with Crippen molar-refractivity contribution in [3.05, 3.63) is 0 Å². The van der Waals surface area contributed by atoms with E-state index >= 15 is 0 Å². The van der Waals surface area contributed by atoms with Gasteiger partial charge in [0.2, 0.25) is 11.8 Å². The van der Waals surface area contributed by atoms with Crippen LogP contribution in [-0.2, 0) is 19.1 Å². The Kier molecular flexibility index (Phi) is 5.75. The van der Waals surface area contributed by atoms with Gasteiger partial charge < -0.3 is 20.1 Å². The number of amides is 2. The van der Waals surface area contributed by atoms with Crippen molar-refractivity contribution >= 4 is 17.8 Å². The molecule has 1 aliphatic heterocycles. The van der Waals surface area contributed by atoms with Crippen LogP contribution < -0.4 is 5.32 Å². The summed E-state index contributed by atoms with van der Waals surface area (Å²) in [5.74, 6) is -1.99. The molecule has 1 aliphatic rings. The molecule has 1 saturated heterocycles. The lowest BCUT2D eigenvalue weighted by Gasteiger charge is -2.17. The van der Waals surface area contributed by atoms with Gasteiger partial charge >= 0.3 is 5.97 Å². The minimum absolute atomic E-state index is 0.0913. The number of carbonyl (C=O) groups is 3. The molecule has 2 unspecified atom stereocenters. The summed E-state index contributed by atoms with van der Waals surface area (Å²) in [5, 5.41) is 11.5. The average molecular weight is 272 g/mol. The van der Waals surface area contributed by atoms with Crippen molar-refractivity contribution in [1.82, 2.24) is 10.2 Å². The molecule has 0 saturated carbocycles. The van der Waals surface area contributed by atoms with E-state index in [1.165, 1.54) is 12.0 Å². The third kappa shape index (κ3) is 4.51. The molecule has 7 heteroatoms. The number of carbonyl (C=O) groups excluding carboxylic acids is 2. The van der Waals surface area contributed by atoms with Gasteiger partial charge in [0.25, 0.3) is 0 Å². The second-order valence-corrected chi connectivity index (χ2v) is 4.71. The smallest absolute Gasteiger partial charge is 0.326 e. The quantitative estimate of drug-likeness (QED) is 0.607. The Labute approximate surface area is 111 Å². The molecule has 1 rings (SSSR count). The zero-order valence-electron chi connectivity index (χ0n) is 11.2. The van der Waals surface area contributed by atoms with E-state index in [-0.39, 0.29) is 18.2 Å². The van der Waals surface area contributed by atoms with Crippen LogP contribution >= 0.6 is 0 Å². The molecule has 1 heterocycles. The highest BCUT2D eigenvalue weighted by Crippen LogP contribution is 2.16. The van der Waals surface area contributed by atoms with Crippen molar-refractivity contribution in [1.29, 1.82) is 0 Å². The lowest BCUT2D eigenvalue weighted by Crippen LogP contribution is -2.44. The number of carboxylic acids is 1. The van der Waals surface area contributed by atoms with E-state index in [1.54, 1.807) is 7.05 Å². The van der Waals surface area contributed by atoms with Gasteiger partial charge in [-0.25, -0.2) is 4.79 Å². The number of methoxy groups -OCH3 is 1. The van der Waals surface area contributed by atoms with Gasteiger partial charge in [0.15, 0.2) is 0 Å². The average Bonchev–Trinajstić information content (AvgIpc) is 2.68. The molecule has 0 aromatic heterocycles. The number of hydrogen-bond donors (Lipinski definition) is 2. The van der Waals surface area contributed by atoms with Gasteiger partial charge in [0, 0.05) is 33.7 Å². The molecular weight excluding hydrogens is 252 g/mol. The SMILES string of the molecule is COCCCC(NC(=O)C1CC(=O)N(C)C1)C(=O)O. The van der Waals surface area contributed by atoms with E-state index in [9.17, 15) is 14.4 Å². The zero-order valence-corrected chi connectivity index (χ0v) is 11.2. The molecule has 0 aromatic carbocycles. The van der Waals surface area contributed by atoms with Gasteiger partial charge in [-0.1, -0.05) is 0 Å². The summed E-state index contributed by atoms with van der Waals surface area (Å²) < 4.78 is 4.85. The molecule has 0 bridgehead atoms. The summed E-state index contributed by atoms with van der Waals surface area (Å²) in [7, 11) is 3.16. The Bertz CT molecular complexity index is 358. The van der Waals surface area contributed by atoms with Crippen molar-refractivity contribution in [2.45, 2.75) is 25.3 Å². The number of nitrogens with one attached hydrogen (secondary N) is 1. The highest BCUT2D eigenvalue weighted by Gasteiger charge is 2.33. The van der Waals surface area contributed by atoms with Crippen molar-refractivity contribution in [2.24, 2.45) is 5.92 Å². The topological polar surface area (TPSA) is 95.9 Å². The molecule has 0 aromatic rings. The summed E-state index contributed by atoms with van der Waals surface area (Å²) in [6, 6.07) is -0.927. The first-order chi connectivity index (χ1) is 8.95. The maximum Gasteiger partial charge on any atom is 0.326 e. The van der Waals surface area contributed by atoms with Gasteiger partial charge in [-0.15, -0.1) is 0 Å². The molecule has 1 fully saturated rings. The van der Waals surface area contributed by atoms with E-state index in [4.69, 9.17) is 9.84 Å². The third-order valence-electron chi connectivity index (χ3n) is 3.17. The summed E-state index contributed by atoms with van der Waals surface area (Å²) in [6.45, 7) is 0.791. The largest absolute Gasteiger partial charge is 0.480 e. The first-order valence-corrected chi connectivity index (χ1v) is 6.21. The Hall–Kier alpha value is -1.63. The van der Waals surface area contributed by atoms with Gasteiger partial charge in [0.05, 0.1) is 5.92 Å². The Morgan fingerprint density at radius 3 is 2.74 bits per heavy atom. The summed E-state index contributed by atoms with van der Waals surface area (Å²) in [4.78, 5) is 35.7. The van der Waals surface area contributed by atoms with Gasteiger partial charge in [-0.3, -0.25) is 9.59 Å². The van der Waals surface area contributed by atoms with Crippen LogP contribution in [0.15, 0.2) is 0 Å². The predicted octanol–water partition coefficient (Wildman–Crippen LogP) is -0.539. The lowest BCUT2D eigenvalue weighted by molar-refractivity contribution is -0.142. The molecule has 0 spiro atoms. The number of hydrogen-bond acceptors (Lipinski definition) is 4. The summed E-state index contributed by atoms with van der Waals surface area (Å²) in [6.07, 6.45) is 1.01. The van der Waals surface area contributed by atoms with Crippen LogP contribution in [0.3, 0.4) is 0 Å². The van der Waals surface area contributed by atoms with Crippen molar-refractivity contribution in [3.63, 3.8) is 0 Å².